The molecule has 0 saturated carbocycles. The predicted molar refractivity (Wildman–Crippen MR) is 168 cm³/mol. The first kappa shape index (κ1) is 33.0. The zero-order valence-electron chi connectivity index (χ0n) is 22.1. The van der Waals surface area contributed by atoms with E-state index in [0.717, 1.165) is 9.50 Å². The van der Waals surface area contributed by atoms with Crippen LogP contribution < -0.4 is 20.7 Å². The molecule has 0 atom stereocenters. The van der Waals surface area contributed by atoms with Crippen molar-refractivity contribution in [3.63, 3.8) is 0 Å². The van der Waals surface area contributed by atoms with Gasteiger partial charge in [0.05, 0.1) is 40.6 Å². The number of anilines is 3. The molecule has 43 heavy (non-hydrogen) atoms. The molecule has 3 N–H and O–H groups in total. The number of urea groups is 1. The van der Waals surface area contributed by atoms with Gasteiger partial charge < -0.3 is 15.4 Å². The minimum Gasteiger partial charge on any atom is -0.410 e. The Morgan fingerprint density at radius 3 is 1.93 bits per heavy atom. The lowest BCUT2D eigenvalue weighted by molar-refractivity contribution is -0.384. The van der Waals surface area contributed by atoms with E-state index in [9.17, 15) is 24.5 Å². The van der Waals surface area contributed by atoms with E-state index >= 15 is 0 Å². The Morgan fingerprint density at radius 2 is 1.49 bits per heavy atom. The minimum absolute atomic E-state index is 0.0742. The highest BCUT2D eigenvalue weighted by Crippen LogP contribution is 2.21. The number of carbonyl (C=O) groups excluding carboxylic acids is 3. The Kier molecular flexibility index (Phi) is 12.0. The molecule has 0 unspecified atom stereocenters. The van der Waals surface area contributed by atoms with E-state index in [1.807, 2.05) is 0 Å². The summed E-state index contributed by atoms with van der Waals surface area (Å²) in [7, 11) is 1.59. The number of rotatable bonds is 4. The first-order chi connectivity index (χ1) is 20.4. The molecule has 1 aliphatic heterocycles. The Morgan fingerprint density at radius 1 is 0.907 bits per heavy atom. The van der Waals surface area contributed by atoms with Gasteiger partial charge in [-0.3, -0.25) is 20.2 Å². The fourth-order valence-electron chi connectivity index (χ4n) is 3.10. The van der Waals surface area contributed by atoms with E-state index in [1.54, 1.807) is 49.6 Å². The van der Waals surface area contributed by atoms with Crippen LogP contribution in [0.4, 0.5) is 32.3 Å². The molecule has 14 nitrogen and oxygen atoms in total. The Labute approximate surface area is 269 Å². The zero-order valence-corrected chi connectivity index (χ0v) is 26.8. The topological polar surface area (TPSA) is 187 Å². The maximum atomic E-state index is 11.6. The molecule has 1 aliphatic rings. The van der Waals surface area contributed by atoms with Gasteiger partial charge in [-0.2, -0.15) is 0 Å². The molecular formula is C26H21Br3N8O6. The van der Waals surface area contributed by atoms with Crippen LogP contribution in [0.15, 0.2) is 93.1 Å². The molecule has 1 fully saturated rings. The van der Waals surface area contributed by atoms with Gasteiger partial charge in [-0.05, 0) is 96.3 Å². The second kappa shape index (κ2) is 15.7. The number of non-ortho nitro benzene ring substituents is 1. The monoisotopic (exact) mass is 778 g/mol. The van der Waals surface area contributed by atoms with E-state index in [2.05, 4.69) is 68.1 Å². The number of nitrogen functional groups attached to an aromatic ring is 1. The van der Waals surface area contributed by atoms with Crippen molar-refractivity contribution in [1.82, 2.24) is 19.9 Å². The maximum Gasteiger partial charge on any atom is 0.417 e. The fraction of sp³-hybridized carbons (Fsp3) is 0.0769. The van der Waals surface area contributed by atoms with Crippen LogP contribution in [0.5, 0.6) is 5.75 Å². The van der Waals surface area contributed by atoms with Gasteiger partial charge in [0.15, 0.2) is 0 Å². The van der Waals surface area contributed by atoms with Crippen molar-refractivity contribution < 1.29 is 24.0 Å². The molecule has 0 radical (unpaired) electrons. The van der Waals surface area contributed by atoms with Crippen LogP contribution in [0.2, 0.25) is 0 Å². The summed E-state index contributed by atoms with van der Waals surface area (Å²) in [4.78, 5) is 58.9. The summed E-state index contributed by atoms with van der Waals surface area (Å²) in [6.07, 6.45) is 3.84. The van der Waals surface area contributed by atoms with Gasteiger partial charge in [0.1, 0.15) is 26.1 Å². The smallest absolute Gasteiger partial charge is 0.410 e. The van der Waals surface area contributed by atoms with Crippen LogP contribution in [-0.2, 0) is 4.79 Å². The number of nitrogens with zero attached hydrogens (tertiary/aromatic N) is 6. The maximum absolute atomic E-state index is 11.6. The molecule has 222 valence electrons. The number of likely N-dealkylation sites (N-methyl/N-ethyl adjacent to an activating group) is 1. The van der Waals surface area contributed by atoms with Crippen LogP contribution in [0.1, 0.15) is 0 Å². The lowest BCUT2D eigenvalue weighted by Crippen LogP contribution is -2.31. The summed E-state index contributed by atoms with van der Waals surface area (Å²) in [6, 6.07) is 15.1. The van der Waals surface area contributed by atoms with Gasteiger partial charge in [-0.1, -0.05) is 0 Å². The molecule has 4 aromatic rings. The summed E-state index contributed by atoms with van der Waals surface area (Å²) in [5.74, 6) is -0.0233. The van der Waals surface area contributed by atoms with Gasteiger partial charge in [-0.15, -0.1) is 0 Å². The Bertz CT molecular complexity index is 1550. The van der Waals surface area contributed by atoms with Crippen molar-refractivity contribution in [3.8, 4) is 5.75 Å². The number of benzene rings is 1. The van der Waals surface area contributed by atoms with Crippen molar-refractivity contribution in [1.29, 1.82) is 0 Å². The number of carbonyl (C=O) groups is 3. The Hall–Kier alpha value is -4.48. The van der Waals surface area contributed by atoms with Crippen LogP contribution in [0.25, 0.3) is 0 Å². The number of pyridine rings is 3. The van der Waals surface area contributed by atoms with E-state index in [1.165, 1.54) is 41.6 Å². The van der Waals surface area contributed by atoms with Crippen molar-refractivity contribution in [2.75, 3.05) is 29.5 Å². The van der Waals surface area contributed by atoms with Crippen LogP contribution in [-0.4, -0.2) is 56.4 Å². The summed E-state index contributed by atoms with van der Waals surface area (Å²) >= 11 is 9.54. The molecule has 0 spiro atoms. The molecule has 1 aromatic carbocycles. The third kappa shape index (κ3) is 10.4. The van der Waals surface area contributed by atoms with Crippen molar-refractivity contribution >= 4 is 88.6 Å². The lowest BCUT2D eigenvalue weighted by atomic mass is 10.3. The third-order valence-corrected chi connectivity index (χ3v) is 6.50. The van der Waals surface area contributed by atoms with E-state index in [0.29, 0.717) is 26.3 Å². The van der Waals surface area contributed by atoms with Crippen LogP contribution >= 0.6 is 47.8 Å². The second-order valence-corrected chi connectivity index (χ2v) is 10.7. The summed E-state index contributed by atoms with van der Waals surface area (Å²) < 4.78 is 7.09. The minimum atomic E-state index is -0.706. The van der Waals surface area contributed by atoms with Crippen molar-refractivity contribution in [2.24, 2.45) is 0 Å². The standard InChI is InChI=1S/C12H8BrN3O4.C9H8BrN3O2.C5H5BrN2/c13-11-6-1-8(7-14-11)15-12(17)20-10-4-2-9(3-5-10)16(18)19;1-12-5-8(14)13(9(12)15)6-2-3-7(10)11-4-6;6-5-2-1-4(7)3-8-5/h1-7H,(H,15,17);2-4H,5H2,1H3;1-3H,7H2. The van der Waals surface area contributed by atoms with Crippen molar-refractivity contribution in [2.45, 2.75) is 0 Å². The van der Waals surface area contributed by atoms with Crippen LogP contribution in [0, 0.1) is 10.1 Å². The average Bonchev–Trinajstić information content (AvgIpc) is 3.23. The number of amides is 4. The van der Waals surface area contributed by atoms with E-state index in [4.69, 9.17) is 10.5 Å². The first-order valence-electron chi connectivity index (χ1n) is 11.8. The summed E-state index contributed by atoms with van der Waals surface area (Å²) in [6.45, 7) is 0.120. The number of nitrogens with one attached hydrogen (secondary N) is 1. The number of nitro groups is 1. The third-order valence-electron chi connectivity index (χ3n) is 5.09. The molecule has 0 bridgehead atoms. The zero-order chi connectivity index (χ0) is 31.5. The van der Waals surface area contributed by atoms with E-state index < -0.39 is 11.0 Å². The number of nitrogens with two attached hydrogens (primary N) is 1. The second-order valence-electron chi connectivity index (χ2n) is 8.26. The first-order valence-corrected chi connectivity index (χ1v) is 14.2. The molecule has 3 aromatic heterocycles. The molecule has 17 heteroatoms. The normalized spacial score (nSPS) is 12.0. The highest BCUT2D eigenvalue weighted by atomic mass is 79.9. The fourth-order valence-corrected chi connectivity index (χ4v) is 3.80. The highest BCUT2D eigenvalue weighted by molar-refractivity contribution is 9.11. The lowest BCUT2D eigenvalue weighted by Gasteiger charge is -2.13. The number of hydrogen-bond donors (Lipinski definition) is 2. The average molecular weight is 781 g/mol. The molecule has 1 saturated heterocycles. The van der Waals surface area contributed by atoms with Crippen LogP contribution in [0.3, 0.4) is 0 Å². The molecule has 5 rings (SSSR count). The van der Waals surface area contributed by atoms with Gasteiger partial charge in [0.25, 0.3) is 11.6 Å². The predicted octanol–water partition coefficient (Wildman–Crippen LogP) is 6.03. The Balaban J connectivity index is 0.000000193. The number of hydrogen-bond acceptors (Lipinski definition) is 10. The molecule has 4 amide bonds. The summed E-state index contributed by atoms with van der Waals surface area (Å²) in [5, 5.41) is 13.0. The number of nitro benzene ring substituents is 1. The van der Waals surface area contributed by atoms with Crippen molar-refractivity contribution in [3.05, 3.63) is 103 Å². The summed E-state index contributed by atoms with van der Waals surface area (Å²) in [5.41, 5.74) is 6.93. The van der Waals surface area contributed by atoms with Gasteiger partial charge in [0, 0.05) is 19.2 Å². The largest absolute Gasteiger partial charge is 0.417 e. The number of ether oxygens (including phenoxy) is 1. The molecular weight excluding hydrogens is 760 g/mol. The van der Waals surface area contributed by atoms with Gasteiger partial charge in [-0.25, -0.2) is 29.4 Å². The quantitative estimate of drug-likeness (QED) is 0.107. The number of imide groups is 1. The molecule has 0 aliphatic carbocycles. The highest BCUT2D eigenvalue weighted by Gasteiger charge is 2.34. The number of halogens is 3. The molecule has 4 heterocycles. The SMILES string of the molecule is CN1CC(=O)N(c2ccc(Br)nc2)C1=O.Nc1ccc(Br)nc1.O=C(Nc1ccc(Br)nc1)Oc1ccc([N+](=O)[O-])cc1. The van der Waals surface area contributed by atoms with Gasteiger partial charge in [0.2, 0.25) is 0 Å². The van der Waals surface area contributed by atoms with E-state index in [-0.39, 0.29) is 29.9 Å². The number of aromatic nitrogens is 3. The van der Waals surface area contributed by atoms with Gasteiger partial charge >= 0.3 is 12.1 Å².